The average molecular weight is 499 g/mol. The molecule has 0 aliphatic carbocycles. The molecule has 4 rings (SSSR count). The molecule has 2 aromatic rings. The van der Waals surface area contributed by atoms with Crippen LogP contribution in [0.15, 0.2) is 59.5 Å². The lowest BCUT2D eigenvalue weighted by Crippen LogP contribution is -2.49. The van der Waals surface area contributed by atoms with E-state index in [0.29, 0.717) is 38.0 Å². The van der Waals surface area contributed by atoms with E-state index in [1.54, 1.807) is 0 Å². The van der Waals surface area contributed by atoms with Crippen molar-refractivity contribution in [2.24, 2.45) is 5.92 Å². The van der Waals surface area contributed by atoms with E-state index in [2.05, 4.69) is 39.4 Å². The lowest BCUT2D eigenvalue weighted by Gasteiger charge is -2.36. The first-order valence-electron chi connectivity index (χ1n) is 12.3. The van der Waals surface area contributed by atoms with Gasteiger partial charge in [0, 0.05) is 69.5 Å². The van der Waals surface area contributed by atoms with E-state index in [1.165, 1.54) is 41.2 Å². The molecule has 2 aliphatic heterocycles. The van der Waals surface area contributed by atoms with Gasteiger partial charge in [-0.1, -0.05) is 30.3 Å². The molecule has 0 atom stereocenters. The van der Waals surface area contributed by atoms with Crippen LogP contribution in [-0.2, 0) is 14.8 Å². The lowest BCUT2D eigenvalue weighted by molar-refractivity contribution is -0.126. The van der Waals surface area contributed by atoms with Gasteiger partial charge < -0.3 is 10.2 Å². The Kier molecular flexibility index (Phi) is 8.20. The second kappa shape index (κ2) is 11.3. The third-order valence-electron chi connectivity index (χ3n) is 6.94. The number of amides is 1. The molecule has 0 bridgehead atoms. The minimum absolute atomic E-state index is 0.00998. The van der Waals surface area contributed by atoms with E-state index in [4.69, 9.17) is 0 Å². The summed E-state index contributed by atoms with van der Waals surface area (Å²) in [6.45, 7) is 7.38. The fourth-order valence-corrected chi connectivity index (χ4v) is 6.19. The van der Waals surface area contributed by atoms with E-state index < -0.39 is 10.0 Å². The van der Waals surface area contributed by atoms with Gasteiger partial charge >= 0.3 is 0 Å². The smallest absolute Gasteiger partial charge is 0.243 e. The van der Waals surface area contributed by atoms with Crippen LogP contribution < -0.4 is 10.2 Å². The maximum absolute atomic E-state index is 12.9. The molecule has 0 spiro atoms. The van der Waals surface area contributed by atoms with Gasteiger partial charge in [-0.15, -0.1) is 0 Å². The zero-order chi connectivity index (χ0) is 24.8. The van der Waals surface area contributed by atoms with Crippen LogP contribution in [0.25, 0.3) is 0 Å². The number of rotatable bonds is 8. The number of piperazine rings is 1. The normalized spacial score (nSPS) is 18.4. The van der Waals surface area contributed by atoms with E-state index in [9.17, 15) is 18.0 Å². The number of benzene rings is 2. The molecule has 35 heavy (non-hydrogen) atoms. The van der Waals surface area contributed by atoms with Crippen molar-refractivity contribution in [2.75, 3.05) is 57.3 Å². The zero-order valence-electron chi connectivity index (χ0n) is 20.2. The van der Waals surface area contributed by atoms with Gasteiger partial charge in [-0.2, -0.15) is 4.31 Å². The molecular weight excluding hydrogens is 464 g/mol. The standard InChI is InChI=1S/C26H34N4O4S/c1-21(31)22-7-9-25(10-8-22)35(33,34)30-14-11-23(12-15-30)26(32)27-13-16-28-17-19-29(20-18-28)24-5-3-2-4-6-24/h2-10,23H,11-20H2,1H3,(H,27,32). The van der Waals surface area contributed by atoms with Gasteiger partial charge in [0.15, 0.2) is 5.78 Å². The van der Waals surface area contributed by atoms with Crippen molar-refractivity contribution in [2.45, 2.75) is 24.7 Å². The number of sulfonamides is 1. The van der Waals surface area contributed by atoms with Gasteiger partial charge in [0.05, 0.1) is 4.90 Å². The molecule has 9 heteroatoms. The summed E-state index contributed by atoms with van der Waals surface area (Å²) in [6, 6.07) is 16.4. The Balaban J connectivity index is 1.18. The van der Waals surface area contributed by atoms with Crippen molar-refractivity contribution < 1.29 is 18.0 Å². The SMILES string of the molecule is CC(=O)c1ccc(S(=O)(=O)N2CCC(C(=O)NCCN3CCN(c4ccccc4)CC3)CC2)cc1. The van der Waals surface area contributed by atoms with Gasteiger partial charge in [0.2, 0.25) is 15.9 Å². The molecule has 8 nitrogen and oxygen atoms in total. The number of nitrogens with one attached hydrogen (secondary N) is 1. The Morgan fingerprint density at radius 3 is 2.11 bits per heavy atom. The van der Waals surface area contributed by atoms with E-state index in [-0.39, 0.29) is 22.5 Å². The maximum atomic E-state index is 12.9. The molecule has 2 saturated heterocycles. The molecule has 2 aliphatic rings. The van der Waals surface area contributed by atoms with E-state index >= 15 is 0 Å². The highest BCUT2D eigenvalue weighted by atomic mass is 32.2. The molecule has 0 aromatic heterocycles. The molecule has 2 heterocycles. The summed E-state index contributed by atoms with van der Waals surface area (Å²) in [4.78, 5) is 29.0. The highest BCUT2D eigenvalue weighted by Gasteiger charge is 2.32. The summed E-state index contributed by atoms with van der Waals surface area (Å²) in [5.74, 6) is -0.262. The first kappa shape index (κ1) is 25.3. The zero-order valence-corrected chi connectivity index (χ0v) is 21.0. The minimum Gasteiger partial charge on any atom is -0.369 e. The van der Waals surface area contributed by atoms with Crippen molar-refractivity contribution in [1.82, 2.24) is 14.5 Å². The number of carbonyl (C=O) groups is 2. The number of para-hydroxylation sites is 1. The molecule has 1 N–H and O–H groups in total. The highest BCUT2D eigenvalue weighted by Crippen LogP contribution is 2.24. The Labute approximate surface area is 207 Å². The van der Waals surface area contributed by atoms with Crippen molar-refractivity contribution in [3.63, 3.8) is 0 Å². The molecular formula is C26H34N4O4S. The van der Waals surface area contributed by atoms with Crippen molar-refractivity contribution in [3.05, 3.63) is 60.2 Å². The molecule has 2 fully saturated rings. The van der Waals surface area contributed by atoms with Crippen LogP contribution >= 0.6 is 0 Å². The first-order chi connectivity index (χ1) is 16.8. The number of ketones is 1. The summed E-state index contributed by atoms with van der Waals surface area (Å²) in [6.07, 6.45) is 1.01. The van der Waals surface area contributed by atoms with Crippen LogP contribution in [0.5, 0.6) is 0 Å². The number of hydrogen-bond donors (Lipinski definition) is 1. The lowest BCUT2D eigenvalue weighted by atomic mass is 9.97. The summed E-state index contributed by atoms with van der Waals surface area (Å²) in [5, 5.41) is 3.05. The maximum Gasteiger partial charge on any atom is 0.243 e. The summed E-state index contributed by atoms with van der Waals surface area (Å²) < 4.78 is 27.3. The quantitative estimate of drug-likeness (QED) is 0.562. The van der Waals surface area contributed by atoms with Crippen LogP contribution in [0.3, 0.4) is 0 Å². The molecule has 0 radical (unpaired) electrons. The Morgan fingerprint density at radius 2 is 1.51 bits per heavy atom. The third-order valence-corrected chi connectivity index (χ3v) is 8.86. The summed E-state index contributed by atoms with van der Waals surface area (Å²) in [5.41, 5.74) is 1.74. The Hall–Kier alpha value is -2.75. The first-order valence-corrected chi connectivity index (χ1v) is 13.7. The fourth-order valence-electron chi connectivity index (χ4n) is 4.72. The van der Waals surface area contributed by atoms with Crippen LogP contribution in [0, 0.1) is 5.92 Å². The fraction of sp³-hybridized carbons (Fsp3) is 0.462. The van der Waals surface area contributed by atoms with Gasteiger partial charge in [-0.05, 0) is 44.0 Å². The number of Topliss-reactive ketones (excluding diaryl/α,β-unsaturated/α-hetero) is 1. The number of carbonyl (C=O) groups excluding carboxylic acids is 2. The molecule has 0 saturated carbocycles. The van der Waals surface area contributed by atoms with Gasteiger partial charge in [-0.3, -0.25) is 14.5 Å². The van der Waals surface area contributed by atoms with E-state index in [1.807, 2.05) is 6.07 Å². The van der Waals surface area contributed by atoms with E-state index in [0.717, 1.165) is 32.7 Å². The monoisotopic (exact) mass is 498 g/mol. The second-order valence-electron chi connectivity index (χ2n) is 9.21. The summed E-state index contributed by atoms with van der Waals surface area (Å²) in [7, 11) is -3.63. The largest absolute Gasteiger partial charge is 0.369 e. The topological polar surface area (TPSA) is 90.0 Å². The number of piperidine rings is 1. The van der Waals surface area contributed by atoms with Crippen molar-refractivity contribution >= 4 is 27.4 Å². The third kappa shape index (κ3) is 6.28. The predicted octanol–water partition coefficient (Wildman–Crippen LogP) is 2.23. The number of hydrogen-bond acceptors (Lipinski definition) is 6. The van der Waals surface area contributed by atoms with Crippen LogP contribution in [0.2, 0.25) is 0 Å². The minimum atomic E-state index is -3.63. The summed E-state index contributed by atoms with van der Waals surface area (Å²) >= 11 is 0. The van der Waals surface area contributed by atoms with Gasteiger partial charge in [0.1, 0.15) is 0 Å². The molecule has 0 unspecified atom stereocenters. The Bertz CT molecular complexity index is 1110. The van der Waals surface area contributed by atoms with Crippen molar-refractivity contribution in [3.8, 4) is 0 Å². The molecule has 2 aromatic carbocycles. The van der Waals surface area contributed by atoms with Gasteiger partial charge in [-0.25, -0.2) is 8.42 Å². The molecule has 1 amide bonds. The second-order valence-corrected chi connectivity index (χ2v) is 11.2. The van der Waals surface area contributed by atoms with Gasteiger partial charge in [0.25, 0.3) is 0 Å². The number of nitrogens with zero attached hydrogens (tertiary/aromatic N) is 3. The van der Waals surface area contributed by atoms with Crippen LogP contribution in [-0.4, -0.2) is 81.7 Å². The highest BCUT2D eigenvalue weighted by molar-refractivity contribution is 7.89. The van der Waals surface area contributed by atoms with Crippen LogP contribution in [0.1, 0.15) is 30.1 Å². The van der Waals surface area contributed by atoms with Crippen molar-refractivity contribution in [1.29, 1.82) is 0 Å². The number of anilines is 1. The predicted molar refractivity (Wildman–Crippen MR) is 136 cm³/mol. The molecule has 188 valence electrons. The Morgan fingerprint density at radius 1 is 0.886 bits per heavy atom. The van der Waals surface area contributed by atoms with Crippen LogP contribution in [0.4, 0.5) is 5.69 Å². The average Bonchev–Trinajstić information content (AvgIpc) is 2.89.